The van der Waals surface area contributed by atoms with E-state index in [0.717, 1.165) is 5.57 Å². The molecule has 0 amide bonds. The van der Waals surface area contributed by atoms with Crippen LogP contribution < -0.4 is 0 Å². The Labute approximate surface area is 66.5 Å². The van der Waals surface area contributed by atoms with Crippen LogP contribution in [-0.2, 0) is 4.79 Å². The van der Waals surface area contributed by atoms with E-state index in [9.17, 15) is 4.79 Å². The molecule has 0 radical (unpaired) electrons. The molecule has 0 rings (SSSR count). The van der Waals surface area contributed by atoms with Crippen LogP contribution in [0.3, 0.4) is 0 Å². The molecule has 0 aliphatic carbocycles. The van der Waals surface area contributed by atoms with Crippen molar-refractivity contribution in [3.8, 4) is 0 Å². The van der Waals surface area contributed by atoms with Gasteiger partial charge in [-0.1, -0.05) is 24.3 Å². The number of hydrogen-bond acceptors (Lipinski definition) is 1. The van der Waals surface area contributed by atoms with E-state index in [1.54, 1.807) is 19.1 Å². The summed E-state index contributed by atoms with van der Waals surface area (Å²) in [4.78, 5) is 10.4. The molecule has 0 atom stereocenters. The average Bonchev–Trinajstić information content (AvgIpc) is 1.87. The smallest absolute Gasteiger partial charge is 0.335 e. The number of hydrogen-bond donors (Lipinski definition) is 1. The maximum atomic E-state index is 10.4. The molecule has 0 bridgehead atoms. The average molecular weight is 152 g/mol. The van der Waals surface area contributed by atoms with Crippen molar-refractivity contribution in [2.75, 3.05) is 0 Å². The van der Waals surface area contributed by atoms with Gasteiger partial charge in [-0.3, -0.25) is 0 Å². The fraction of sp³-hybridized carbons (Fsp3) is 0.222. The molecule has 0 aromatic heterocycles. The number of carbonyl (C=O) groups is 1. The van der Waals surface area contributed by atoms with Crippen molar-refractivity contribution in [1.82, 2.24) is 0 Å². The molecule has 0 unspecified atom stereocenters. The van der Waals surface area contributed by atoms with Crippen molar-refractivity contribution in [2.45, 2.75) is 13.8 Å². The first-order chi connectivity index (χ1) is 5.07. The van der Waals surface area contributed by atoms with E-state index in [2.05, 4.69) is 6.58 Å². The molecule has 0 aliphatic rings. The molecule has 0 aromatic carbocycles. The van der Waals surface area contributed by atoms with Crippen LogP contribution in [0, 0.1) is 0 Å². The summed E-state index contributed by atoms with van der Waals surface area (Å²) in [7, 11) is 0. The lowest BCUT2D eigenvalue weighted by molar-refractivity contribution is -0.132. The number of aliphatic carboxylic acids is 1. The Morgan fingerprint density at radius 3 is 2.27 bits per heavy atom. The predicted octanol–water partition coefficient (Wildman–Crippen LogP) is 2.15. The van der Waals surface area contributed by atoms with Crippen LogP contribution in [0.15, 0.2) is 36.0 Å². The van der Waals surface area contributed by atoms with Gasteiger partial charge in [0.25, 0.3) is 0 Å². The Morgan fingerprint density at radius 1 is 1.45 bits per heavy atom. The largest absolute Gasteiger partial charge is 0.478 e. The van der Waals surface area contributed by atoms with Crippen molar-refractivity contribution < 1.29 is 9.90 Å². The van der Waals surface area contributed by atoms with Crippen LogP contribution >= 0.6 is 0 Å². The summed E-state index contributed by atoms with van der Waals surface area (Å²) >= 11 is 0. The molecule has 60 valence electrons. The van der Waals surface area contributed by atoms with Crippen LogP contribution in [-0.4, -0.2) is 11.1 Å². The fourth-order valence-corrected chi connectivity index (χ4v) is 0.523. The monoisotopic (exact) mass is 152 g/mol. The molecule has 0 aromatic rings. The summed E-state index contributed by atoms with van der Waals surface area (Å²) in [6.45, 7) is 7.11. The molecular weight excluding hydrogens is 140 g/mol. The Bertz CT molecular complexity index is 222. The van der Waals surface area contributed by atoms with E-state index in [-0.39, 0.29) is 5.57 Å². The topological polar surface area (TPSA) is 37.3 Å². The Hall–Kier alpha value is -1.31. The molecule has 0 saturated carbocycles. The van der Waals surface area contributed by atoms with E-state index in [1.807, 2.05) is 6.92 Å². The minimum atomic E-state index is -0.912. The van der Waals surface area contributed by atoms with E-state index >= 15 is 0 Å². The molecule has 0 fully saturated rings. The van der Waals surface area contributed by atoms with Crippen LogP contribution in [0.2, 0.25) is 0 Å². The second-order valence-electron chi connectivity index (χ2n) is 2.23. The molecule has 0 aliphatic heterocycles. The van der Waals surface area contributed by atoms with Gasteiger partial charge >= 0.3 is 5.97 Å². The number of rotatable bonds is 3. The first kappa shape index (κ1) is 9.69. The number of allylic oxidation sites excluding steroid dienone is 3. The maximum Gasteiger partial charge on any atom is 0.335 e. The van der Waals surface area contributed by atoms with Gasteiger partial charge in [0.1, 0.15) is 0 Å². The van der Waals surface area contributed by atoms with Gasteiger partial charge in [0.2, 0.25) is 0 Å². The number of carboxylic acid groups (broad SMARTS) is 1. The second kappa shape index (κ2) is 4.50. The molecule has 2 nitrogen and oxygen atoms in total. The summed E-state index contributed by atoms with van der Waals surface area (Å²) in [6.07, 6.45) is 4.75. The zero-order chi connectivity index (χ0) is 8.85. The lowest BCUT2D eigenvalue weighted by Crippen LogP contribution is -1.96. The molecule has 0 heterocycles. The SMILES string of the molecule is C=C(C)C=CC(=CC)C(=O)O. The van der Waals surface area contributed by atoms with Gasteiger partial charge in [-0.2, -0.15) is 0 Å². The highest BCUT2D eigenvalue weighted by Crippen LogP contribution is 1.99. The van der Waals surface area contributed by atoms with Gasteiger partial charge < -0.3 is 5.11 Å². The Balaban J connectivity index is 4.34. The summed E-state index contributed by atoms with van der Waals surface area (Å²) in [5, 5.41) is 8.54. The lowest BCUT2D eigenvalue weighted by atomic mass is 10.2. The lowest BCUT2D eigenvalue weighted by Gasteiger charge is -1.91. The zero-order valence-corrected chi connectivity index (χ0v) is 6.79. The van der Waals surface area contributed by atoms with Gasteiger partial charge in [-0.25, -0.2) is 4.79 Å². The van der Waals surface area contributed by atoms with E-state index in [4.69, 9.17) is 5.11 Å². The highest BCUT2D eigenvalue weighted by Gasteiger charge is 1.98. The summed E-state index contributed by atoms with van der Waals surface area (Å²) in [5.74, 6) is -0.912. The highest BCUT2D eigenvalue weighted by atomic mass is 16.4. The zero-order valence-electron chi connectivity index (χ0n) is 6.79. The van der Waals surface area contributed by atoms with Crippen molar-refractivity contribution in [3.05, 3.63) is 36.0 Å². The van der Waals surface area contributed by atoms with Crippen molar-refractivity contribution >= 4 is 5.97 Å². The van der Waals surface area contributed by atoms with E-state index in [0.29, 0.717) is 0 Å². The minimum absolute atomic E-state index is 0.285. The minimum Gasteiger partial charge on any atom is -0.478 e. The molecule has 11 heavy (non-hydrogen) atoms. The van der Waals surface area contributed by atoms with Crippen molar-refractivity contribution in [2.24, 2.45) is 0 Å². The van der Waals surface area contributed by atoms with E-state index in [1.165, 1.54) is 6.08 Å². The maximum absolute atomic E-state index is 10.4. The molecule has 1 N–H and O–H groups in total. The summed E-state index contributed by atoms with van der Waals surface area (Å²) in [6, 6.07) is 0. The highest BCUT2D eigenvalue weighted by molar-refractivity contribution is 5.89. The first-order valence-electron chi connectivity index (χ1n) is 3.31. The van der Waals surface area contributed by atoms with Crippen LogP contribution in [0.4, 0.5) is 0 Å². The fourth-order valence-electron chi connectivity index (χ4n) is 0.523. The van der Waals surface area contributed by atoms with Crippen LogP contribution in [0.1, 0.15) is 13.8 Å². The first-order valence-corrected chi connectivity index (χ1v) is 3.31. The molecule has 2 heteroatoms. The van der Waals surface area contributed by atoms with Gasteiger partial charge in [-0.15, -0.1) is 0 Å². The Morgan fingerprint density at radius 2 is 2.00 bits per heavy atom. The third kappa shape index (κ3) is 4.14. The van der Waals surface area contributed by atoms with Gasteiger partial charge in [0.05, 0.1) is 5.57 Å². The Kier molecular flexibility index (Phi) is 3.96. The van der Waals surface area contributed by atoms with E-state index < -0.39 is 5.97 Å². The van der Waals surface area contributed by atoms with Gasteiger partial charge in [0, 0.05) is 0 Å². The quantitative estimate of drug-likeness (QED) is 0.497. The predicted molar refractivity (Wildman–Crippen MR) is 45.3 cm³/mol. The third-order valence-corrected chi connectivity index (χ3v) is 1.11. The van der Waals surface area contributed by atoms with Gasteiger partial charge in [0.15, 0.2) is 0 Å². The summed E-state index contributed by atoms with van der Waals surface area (Å²) < 4.78 is 0. The van der Waals surface area contributed by atoms with Gasteiger partial charge in [-0.05, 0) is 19.9 Å². The molecule has 0 spiro atoms. The van der Waals surface area contributed by atoms with Crippen molar-refractivity contribution in [1.29, 1.82) is 0 Å². The van der Waals surface area contributed by atoms with Crippen LogP contribution in [0.25, 0.3) is 0 Å². The molecule has 0 saturated heterocycles. The number of carboxylic acids is 1. The normalized spacial score (nSPS) is 12.0. The standard InChI is InChI=1S/C9H12O2/c1-4-8(9(10)11)6-5-7(2)3/h4-6H,2H2,1,3H3,(H,10,11). The molecular formula is C9H12O2. The summed E-state index contributed by atoms with van der Waals surface area (Å²) in [5.41, 5.74) is 1.12. The second-order valence-corrected chi connectivity index (χ2v) is 2.23. The van der Waals surface area contributed by atoms with Crippen LogP contribution in [0.5, 0.6) is 0 Å². The third-order valence-electron chi connectivity index (χ3n) is 1.11. The van der Waals surface area contributed by atoms with Crippen molar-refractivity contribution in [3.63, 3.8) is 0 Å².